The molecule has 1 N–H and O–H groups in total. The van der Waals surface area contributed by atoms with Crippen molar-refractivity contribution in [3.63, 3.8) is 0 Å². The molecule has 2 unspecified atom stereocenters. The first-order valence-corrected chi connectivity index (χ1v) is 12.6. The Hall–Kier alpha value is -3.69. The first-order chi connectivity index (χ1) is 17.8. The van der Waals surface area contributed by atoms with E-state index in [-0.39, 0.29) is 24.0 Å². The molecule has 9 nitrogen and oxygen atoms in total. The predicted molar refractivity (Wildman–Crippen MR) is 135 cm³/mol. The summed E-state index contributed by atoms with van der Waals surface area (Å²) in [5, 5.41) is 11.6. The fourth-order valence-corrected chi connectivity index (χ4v) is 6.05. The average Bonchev–Trinajstić information content (AvgIpc) is 3.47. The lowest BCUT2D eigenvalue weighted by atomic mass is 9.81. The molecule has 9 heteroatoms. The van der Waals surface area contributed by atoms with Gasteiger partial charge in [0.25, 0.3) is 17.6 Å². The van der Waals surface area contributed by atoms with Gasteiger partial charge in [-0.05, 0) is 36.8 Å². The van der Waals surface area contributed by atoms with Crippen LogP contribution < -0.4 is 9.64 Å². The van der Waals surface area contributed by atoms with Gasteiger partial charge in [0.15, 0.2) is 5.54 Å². The number of para-hydroxylation sites is 1. The number of ketones is 1. The lowest BCUT2D eigenvalue weighted by Crippen LogP contribution is -2.53. The molecule has 0 saturated carbocycles. The maximum absolute atomic E-state index is 14.1. The fraction of sp³-hybridized carbons (Fsp3) is 0.393. The number of likely N-dealkylation sites (N-methyl/N-ethyl adjacent to an activating group) is 1. The van der Waals surface area contributed by atoms with Crippen molar-refractivity contribution in [3.05, 3.63) is 64.7 Å². The molecule has 4 aliphatic rings. The van der Waals surface area contributed by atoms with E-state index in [0.29, 0.717) is 56.1 Å². The van der Waals surface area contributed by atoms with Crippen molar-refractivity contribution in [1.82, 2.24) is 9.80 Å². The quantitative estimate of drug-likeness (QED) is 0.387. The van der Waals surface area contributed by atoms with Gasteiger partial charge in [-0.1, -0.05) is 18.2 Å². The first-order valence-electron chi connectivity index (χ1n) is 12.6. The molecule has 1 spiro atoms. The zero-order chi connectivity index (χ0) is 25.9. The number of carbonyl (C=O) groups excluding carboxylic acids is 3. The van der Waals surface area contributed by atoms with Crippen molar-refractivity contribution in [2.75, 3.05) is 51.3 Å². The third-order valence-corrected chi connectivity index (χ3v) is 7.85. The lowest BCUT2D eigenvalue weighted by Gasteiger charge is -2.36. The second kappa shape index (κ2) is 8.71. The predicted octanol–water partition coefficient (Wildman–Crippen LogP) is 1.89. The van der Waals surface area contributed by atoms with Crippen molar-refractivity contribution in [3.8, 4) is 5.75 Å². The molecule has 37 heavy (non-hydrogen) atoms. The highest BCUT2D eigenvalue weighted by molar-refractivity contribution is 6.50. The number of Topliss-reactive ketones (excluding diaryl/α,β-unsaturated/α-hetero) is 1. The molecule has 2 atom stereocenters. The Morgan fingerprint density at radius 3 is 2.62 bits per heavy atom. The normalized spacial score (nSPS) is 26.6. The van der Waals surface area contributed by atoms with E-state index >= 15 is 0 Å². The number of aliphatic hydroxyl groups is 1. The molecular formula is C28H29N3O6. The number of ether oxygens (including phenoxy) is 2. The van der Waals surface area contributed by atoms with Gasteiger partial charge in [-0.3, -0.25) is 19.3 Å². The van der Waals surface area contributed by atoms with E-state index in [2.05, 4.69) is 4.90 Å². The maximum Gasteiger partial charge on any atom is 0.296 e. The van der Waals surface area contributed by atoms with Gasteiger partial charge in [0.1, 0.15) is 17.6 Å². The summed E-state index contributed by atoms with van der Waals surface area (Å²) < 4.78 is 11.2. The van der Waals surface area contributed by atoms with Crippen LogP contribution in [0.4, 0.5) is 5.69 Å². The van der Waals surface area contributed by atoms with Crippen LogP contribution >= 0.6 is 0 Å². The number of hydrogen-bond donors (Lipinski definition) is 1. The molecule has 192 valence electrons. The Balaban J connectivity index is 1.52. The number of hydrogen-bond acceptors (Lipinski definition) is 7. The Labute approximate surface area is 214 Å². The molecule has 2 saturated heterocycles. The molecule has 2 fully saturated rings. The molecule has 0 aromatic heterocycles. The fourth-order valence-electron chi connectivity index (χ4n) is 6.05. The Morgan fingerprint density at radius 2 is 1.84 bits per heavy atom. The van der Waals surface area contributed by atoms with Gasteiger partial charge in [-0.15, -0.1) is 0 Å². The van der Waals surface area contributed by atoms with Crippen LogP contribution in [0.2, 0.25) is 0 Å². The highest BCUT2D eigenvalue weighted by atomic mass is 16.5. The van der Waals surface area contributed by atoms with E-state index in [1.54, 1.807) is 43.4 Å². The number of carbonyl (C=O) groups is 3. The van der Waals surface area contributed by atoms with E-state index in [1.165, 1.54) is 9.80 Å². The number of likely N-dealkylation sites (tertiary alicyclic amines) is 1. The van der Waals surface area contributed by atoms with Gasteiger partial charge < -0.3 is 24.4 Å². The summed E-state index contributed by atoms with van der Waals surface area (Å²) in [6.07, 6.45) is 0.675. The third-order valence-electron chi connectivity index (χ3n) is 7.85. The Morgan fingerprint density at radius 1 is 1.08 bits per heavy atom. The van der Waals surface area contributed by atoms with Crippen molar-refractivity contribution >= 4 is 29.0 Å². The highest BCUT2D eigenvalue weighted by Gasteiger charge is 2.66. The first kappa shape index (κ1) is 23.7. The van der Waals surface area contributed by atoms with E-state index in [1.807, 2.05) is 13.0 Å². The van der Waals surface area contributed by atoms with Crippen LogP contribution in [-0.4, -0.2) is 85.0 Å². The van der Waals surface area contributed by atoms with Crippen LogP contribution in [-0.2, 0) is 31.1 Å². The van der Waals surface area contributed by atoms with Crippen LogP contribution in [0.15, 0.2) is 48.0 Å². The molecule has 2 aromatic rings. The largest absolute Gasteiger partial charge is 0.507 e. The molecule has 4 aliphatic heterocycles. The van der Waals surface area contributed by atoms with Crippen LogP contribution in [0.3, 0.4) is 0 Å². The number of rotatable bonds is 4. The van der Waals surface area contributed by atoms with E-state index in [4.69, 9.17) is 9.47 Å². The summed E-state index contributed by atoms with van der Waals surface area (Å²) in [5.41, 5.74) is 0.479. The highest BCUT2D eigenvalue weighted by Crippen LogP contribution is 2.53. The summed E-state index contributed by atoms with van der Waals surface area (Å²) in [6, 6.07) is 12.3. The minimum absolute atomic E-state index is 0.00805. The van der Waals surface area contributed by atoms with E-state index in [0.717, 1.165) is 11.3 Å². The zero-order valence-corrected chi connectivity index (χ0v) is 20.9. The van der Waals surface area contributed by atoms with Gasteiger partial charge in [-0.25, -0.2) is 0 Å². The molecule has 0 aliphatic carbocycles. The van der Waals surface area contributed by atoms with Crippen LogP contribution in [0.25, 0.3) is 5.76 Å². The minimum Gasteiger partial charge on any atom is -0.507 e. The second-order valence-corrected chi connectivity index (χ2v) is 10.0. The molecule has 0 radical (unpaired) electrons. The molecule has 2 aromatic carbocycles. The smallest absolute Gasteiger partial charge is 0.296 e. The van der Waals surface area contributed by atoms with E-state index < -0.39 is 23.1 Å². The number of amides is 2. The van der Waals surface area contributed by atoms with Crippen LogP contribution in [0, 0.1) is 0 Å². The standard InChI is InChI=1S/C28H29N3O6/c1-17-15-19-16-18(7-8-22(19)37-17)24(32)23-25(33)26(34)31(10-9-30-11-13-36-14-12-30)28(23)20-5-3-4-6-21(20)29(2)27(28)35/h3-8,16-17,32H,9-15H2,1-2H3/b24-23+. The van der Waals surface area contributed by atoms with Gasteiger partial charge in [0.2, 0.25) is 0 Å². The summed E-state index contributed by atoms with van der Waals surface area (Å²) in [4.78, 5) is 46.3. The number of benzene rings is 2. The Kier molecular flexibility index (Phi) is 5.58. The number of anilines is 1. The number of fused-ring (bicyclic) bond motifs is 3. The number of nitrogens with zero attached hydrogens (tertiary/aromatic N) is 3. The van der Waals surface area contributed by atoms with Gasteiger partial charge in [0.05, 0.1) is 18.8 Å². The lowest BCUT2D eigenvalue weighted by molar-refractivity contribution is -0.144. The molecule has 4 heterocycles. The van der Waals surface area contributed by atoms with Crippen molar-refractivity contribution < 1.29 is 29.0 Å². The molecular weight excluding hydrogens is 474 g/mol. The van der Waals surface area contributed by atoms with E-state index in [9.17, 15) is 19.5 Å². The van der Waals surface area contributed by atoms with Crippen molar-refractivity contribution in [2.24, 2.45) is 0 Å². The topological polar surface area (TPSA) is 99.6 Å². The monoisotopic (exact) mass is 503 g/mol. The van der Waals surface area contributed by atoms with Crippen LogP contribution in [0.1, 0.15) is 23.6 Å². The van der Waals surface area contributed by atoms with Crippen molar-refractivity contribution in [2.45, 2.75) is 25.0 Å². The molecule has 2 amide bonds. The summed E-state index contributed by atoms with van der Waals surface area (Å²) >= 11 is 0. The third kappa shape index (κ3) is 3.41. The number of aliphatic hydroxyl groups excluding tert-OH is 1. The molecule has 6 rings (SSSR count). The van der Waals surface area contributed by atoms with Gasteiger partial charge in [-0.2, -0.15) is 0 Å². The van der Waals surface area contributed by atoms with Crippen LogP contribution in [0.5, 0.6) is 5.75 Å². The van der Waals surface area contributed by atoms with Gasteiger partial charge >= 0.3 is 0 Å². The zero-order valence-electron chi connectivity index (χ0n) is 20.9. The van der Waals surface area contributed by atoms with Crippen molar-refractivity contribution in [1.29, 1.82) is 0 Å². The summed E-state index contributed by atoms with van der Waals surface area (Å²) in [6.45, 7) is 5.19. The SMILES string of the molecule is CC1Cc2cc(/C(O)=C3/C(=O)C(=O)N(CCN4CCOCC4)C34C(=O)N(C)c3ccccc34)ccc2O1. The second-order valence-electron chi connectivity index (χ2n) is 10.0. The molecule has 0 bridgehead atoms. The number of morpholine rings is 1. The minimum atomic E-state index is -1.74. The summed E-state index contributed by atoms with van der Waals surface area (Å²) in [5.74, 6) is -1.70. The van der Waals surface area contributed by atoms with Gasteiger partial charge in [0, 0.05) is 56.5 Å². The summed E-state index contributed by atoms with van der Waals surface area (Å²) in [7, 11) is 1.63. The average molecular weight is 504 g/mol. The maximum atomic E-state index is 14.1. The Bertz CT molecular complexity index is 1350.